The number of carbonyl (C=O) groups excluding carboxylic acids is 2. The zero-order valence-electron chi connectivity index (χ0n) is 18.5. The minimum absolute atomic E-state index is 0.274. The average Bonchev–Trinajstić information content (AvgIpc) is 3.01. The second kappa shape index (κ2) is 9.51. The molecule has 31 heavy (non-hydrogen) atoms. The van der Waals surface area contributed by atoms with Crippen LogP contribution < -0.4 is 10.1 Å². The Morgan fingerprint density at radius 3 is 2.42 bits per heavy atom. The van der Waals surface area contributed by atoms with Gasteiger partial charge in [0.25, 0.3) is 0 Å². The number of fused-ring (bicyclic) bond motifs is 1. The molecule has 6 nitrogen and oxygen atoms in total. The molecule has 0 aliphatic heterocycles. The van der Waals surface area contributed by atoms with E-state index in [1.807, 2.05) is 39.8 Å². The van der Waals surface area contributed by atoms with E-state index in [2.05, 4.69) is 5.32 Å². The number of hydrogen-bond donors (Lipinski definition) is 1. The third kappa shape index (κ3) is 4.97. The molecule has 0 fully saturated rings. The maximum atomic E-state index is 12.6. The Morgan fingerprint density at radius 2 is 1.77 bits per heavy atom. The van der Waals surface area contributed by atoms with Crippen LogP contribution in [0.4, 0.5) is 5.69 Å². The predicted molar refractivity (Wildman–Crippen MR) is 122 cm³/mol. The number of nitrogens with one attached hydrogen (secondary N) is 1. The Morgan fingerprint density at radius 1 is 1.06 bits per heavy atom. The largest absolute Gasteiger partial charge is 0.493 e. The average molecular weight is 421 g/mol. The van der Waals surface area contributed by atoms with Crippen LogP contribution in [-0.2, 0) is 9.53 Å². The number of anilines is 1. The Labute approximate surface area is 181 Å². The lowest BCUT2D eigenvalue weighted by molar-refractivity contribution is -0.111. The molecular weight excluding hydrogens is 394 g/mol. The van der Waals surface area contributed by atoms with E-state index in [9.17, 15) is 9.59 Å². The maximum absolute atomic E-state index is 12.6. The van der Waals surface area contributed by atoms with Crippen LogP contribution in [0.15, 0.2) is 46.9 Å². The van der Waals surface area contributed by atoms with Crippen LogP contribution >= 0.6 is 0 Å². The molecule has 0 saturated heterocycles. The number of rotatable bonds is 7. The van der Waals surface area contributed by atoms with Crippen molar-refractivity contribution >= 4 is 34.1 Å². The summed E-state index contributed by atoms with van der Waals surface area (Å²) in [5.74, 6) is 0.869. The van der Waals surface area contributed by atoms with Gasteiger partial charge in [0.05, 0.1) is 18.8 Å². The zero-order chi connectivity index (χ0) is 22.5. The molecule has 1 N–H and O–H groups in total. The highest BCUT2D eigenvalue weighted by Gasteiger charge is 2.15. The minimum Gasteiger partial charge on any atom is -0.493 e. The summed E-state index contributed by atoms with van der Waals surface area (Å²) in [5, 5.41) is 3.82. The highest BCUT2D eigenvalue weighted by Crippen LogP contribution is 2.35. The summed E-state index contributed by atoms with van der Waals surface area (Å²) in [6.07, 6.45) is 1.53. The minimum atomic E-state index is -0.389. The van der Waals surface area contributed by atoms with Crippen LogP contribution in [0.5, 0.6) is 5.75 Å². The van der Waals surface area contributed by atoms with E-state index in [1.165, 1.54) is 6.08 Å². The molecule has 0 aliphatic rings. The van der Waals surface area contributed by atoms with Gasteiger partial charge in [-0.05, 0) is 76.1 Å². The third-order valence-electron chi connectivity index (χ3n) is 5.01. The standard InChI is InChI=1S/C25H27NO5/c1-6-29-22-14-23-21(16(4)17(5)31-23)13-20(22)15(3)12-24(27)26-19-10-8-18(9-11-19)25(28)30-7-2/h8-14H,6-7H2,1-5H3,(H,26,27)/b15-12+. The number of ether oxygens (including phenoxy) is 2. The Balaban J connectivity index is 1.83. The first-order valence-electron chi connectivity index (χ1n) is 10.3. The number of esters is 1. The zero-order valence-corrected chi connectivity index (χ0v) is 18.5. The number of amides is 1. The molecule has 2 aromatic carbocycles. The van der Waals surface area contributed by atoms with E-state index in [0.717, 1.165) is 33.4 Å². The van der Waals surface area contributed by atoms with E-state index >= 15 is 0 Å². The Kier molecular flexibility index (Phi) is 6.80. The van der Waals surface area contributed by atoms with Gasteiger partial charge in [0.2, 0.25) is 5.91 Å². The monoisotopic (exact) mass is 421 g/mol. The van der Waals surface area contributed by atoms with E-state index in [0.29, 0.717) is 30.2 Å². The van der Waals surface area contributed by atoms with E-state index in [4.69, 9.17) is 13.9 Å². The molecule has 0 aliphatic carbocycles. The van der Waals surface area contributed by atoms with Crippen molar-refractivity contribution in [3.63, 3.8) is 0 Å². The van der Waals surface area contributed by atoms with Crippen LogP contribution in [0.25, 0.3) is 16.5 Å². The van der Waals surface area contributed by atoms with Crippen molar-refractivity contribution in [2.45, 2.75) is 34.6 Å². The van der Waals surface area contributed by atoms with Gasteiger partial charge in [-0.1, -0.05) is 0 Å². The summed E-state index contributed by atoms with van der Waals surface area (Å²) in [5.41, 5.74) is 4.46. The van der Waals surface area contributed by atoms with Gasteiger partial charge in [-0.2, -0.15) is 0 Å². The van der Waals surface area contributed by atoms with Crippen molar-refractivity contribution in [2.75, 3.05) is 18.5 Å². The van der Waals surface area contributed by atoms with Crippen LogP contribution in [0.2, 0.25) is 0 Å². The smallest absolute Gasteiger partial charge is 0.338 e. The molecule has 1 amide bonds. The predicted octanol–water partition coefficient (Wildman–Crippen LogP) is 5.67. The highest BCUT2D eigenvalue weighted by atomic mass is 16.5. The molecular formula is C25H27NO5. The first-order chi connectivity index (χ1) is 14.8. The fourth-order valence-electron chi connectivity index (χ4n) is 3.31. The lowest BCUT2D eigenvalue weighted by Crippen LogP contribution is -2.09. The number of allylic oxidation sites excluding steroid dienone is 1. The van der Waals surface area contributed by atoms with E-state index in [1.54, 1.807) is 31.2 Å². The number of aryl methyl sites for hydroxylation is 2. The molecule has 6 heteroatoms. The van der Waals surface area contributed by atoms with Gasteiger partial charge in [0.1, 0.15) is 17.1 Å². The van der Waals surface area contributed by atoms with Gasteiger partial charge >= 0.3 is 5.97 Å². The van der Waals surface area contributed by atoms with E-state index < -0.39 is 0 Å². The van der Waals surface area contributed by atoms with Gasteiger partial charge < -0.3 is 19.2 Å². The van der Waals surface area contributed by atoms with Gasteiger partial charge in [-0.15, -0.1) is 0 Å². The fraction of sp³-hybridized carbons (Fsp3) is 0.280. The van der Waals surface area contributed by atoms with Crippen molar-refractivity contribution in [1.29, 1.82) is 0 Å². The summed E-state index contributed by atoms with van der Waals surface area (Å²) >= 11 is 0. The maximum Gasteiger partial charge on any atom is 0.338 e. The van der Waals surface area contributed by atoms with Crippen molar-refractivity contribution in [1.82, 2.24) is 0 Å². The molecule has 0 unspecified atom stereocenters. The molecule has 0 saturated carbocycles. The van der Waals surface area contributed by atoms with Crippen LogP contribution in [0.1, 0.15) is 48.0 Å². The van der Waals surface area contributed by atoms with E-state index in [-0.39, 0.29) is 11.9 Å². The lowest BCUT2D eigenvalue weighted by Gasteiger charge is -2.11. The van der Waals surface area contributed by atoms with Crippen LogP contribution in [0.3, 0.4) is 0 Å². The van der Waals surface area contributed by atoms with Gasteiger partial charge in [0.15, 0.2) is 0 Å². The van der Waals surface area contributed by atoms with Crippen LogP contribution in [0, 0.1) is 13.8 Å². The number of carbonyl (C=O) groups is 2. The molecule has 0 atom stereocenters. The Bertz CT molecular complexity index is 1140. The molecule has 0 radical (unpaired) electrons. The molecule has 3 aromatic rings. The summed E-state index contributed by atoms with van der Waals surface area (Å²) in [4.78, 5) is 24.3. The first-order valence-corrected chi connectivity index (χ1v) is 10.3. The van der Waals surface area contributed by atoms with Crippen molar-refractivity contribution in [2.24, 2.45) is 0 Å². The fourth-order valence-corrected chi connectivity index (χ4v) is 3.31. The second-order valence-corrected chi connectivity index (χ2v) is 7.18. The quantitative estimate of drug-likeness (QED) is 0.393. The van der Waals surface area contributed by atoms with Crippen LogP contribution in [-0.4, -0.2) is 25.1 Å². The number of furan rings is 1. The van der Waals surface area contributed by atoms with Gasteiger partial charge in [-0.25, -0.2) is 4.79 Å². The van der Waals surface area contributed by atoms with Crippen molar-refractivity contribution < 1.29 is 23.5 Å². The van der Waals surface area contributed by atoms with Crippen molar-refractivity contribution in [3.05, 3.63) is 64.9 Å². The molecule has 1 heterocycles. The molecule has 3 rings (SSSR count). The second-order valence-electron chi connectivity index (χ2n) is 7.18. The lowest BCUT2D eigenvalue weighted by atomic mass is 10.0. The Hall–Kier alpha value is -3.54. The highest BCUT2D eigenvalue weighted by molar-refractivity contribution is 6.05. The molecule has 1 aromatic heterocycles. The summed E-state index contributed by atoms with van der Waals surface area (Å²) in [6.45, 7) is 10.3. The third-order valence-corrected chi connectivity index (χ3v) is 5.01. The number of hydrogen-bond acceptors (Lipinski definition) is 5. The van der Waals surface area contributed by atoms with Gasteiger partial charge in [-0.3, -0.25) is 4.79 Å². The first kappa shape index (κ1) is 22.2. The summed E-state index contributed by atoms with van der Waals surface area (Å²) in [7, 11) is 0. The summed E-state index contributed by atoms with van der Waals surface area (Å²) < 4.78 is 16.6. The SMILES string of the molecule is CCOC(=O)c1ccc(NC(=O)/C=C(\C)c2cc3c(C)c(C)oc3cc2OCC)cc1. The molecule has 0 bridgehead atoms. The normalized spacial score (nSPS) is 11.5. The topological polar surface area (TPSA) is 77.8 Å². The summed E-state index contributed by atoms with van der Waals surface area (Å²) in [6, 6.07) is 10.5. The molecule has 0 spiro atoms. The van der Waals surface area contributed by atoms with Gasteiger partial charge in [0, 0.05) is 28.8 Å². The molecule has 162 valence electrons. The van der Waals surface area contributed by atoms with Crippen molar-refractivity contribution in [3.8, 4) is 5.75 Å². The number of benzene rings is 2.